The Kier molecular flexibility index (Phi) is 5.79. The average molecular weight is 432 g/mol. The Morgan fingerprint density at radius 2 is 2.13 bits per heavy atom. The summed E-state index contributed by atoms with van der Waals surface area (Å²) in [5.41, 5.74) is 0.825. The number of para-hydroxylation sites is 1. The number of carbonyl (C=O) groups is 1. The Balaban J connectivity index is 1.90. The van der Waals surface area contributed by atoms with Gasteiger partial charge in [0.05, 0.1) is 6.61 Å². The highest BCUT2D eigenvalue weighted by molar-refractivity contribution is 8.15. The van der Waals surface area contributed by atoms with Crippen LogP contribution in [0.3, 0.4) is 0 Å². The van der Waals surface area contributed by atoms with Crippen molar-refractivity contribution in [3.05, 3.63) is 65.2 Å². The van der Waals surface area contributed by atoms with E-state index in [2.05, 4.69) is 12.0 Å². The second-order valence-corrected chi connectivity index (χ2v) is 8.47. The van der Waals surface area contributed by atoms with Gasteiger partial charge in [0.1, 0.15) is 29.0 Å². The Bertz CT molecular complexity index is 1000. The summed E-state index contributed by atoms with van der Waals surface area (Å²) >= 11 is 1.28. The van der Waals surface area contributed by atoms with E-state index < -0.39 is 16.5 Å². The van der Waals surface area contributed by atoms with E-state index in [1.54, 1.807) is 0 Å². The van der Waals surface area contributed by atoms with Crippen LogP contribution in [0.1, 0.15) is 30.9 Å². The van der Waals surface area contributed by atoms with Gasteiger partial charge in [-0.3, -0.25) is 4.79 Å². The quantitative estimate of drug-likeness (QED) is 0.698. The van der Waals surface area contributed by atoms with Gasteiger partial charge in [-0.1, -0.05) is 43.3 Å². The standard InChI is InChI=1S/C22H22F2N2O3S/c1-3-6-14-12-29-19-8-5-4-7-17(19)22(14)26(20(27)13-28-2)25-21(30-22)16-11-15(23)9-10-18(16)24/h4-5,7-11,14H,3,6,12-13H2,1-2H3/t14-,22+/m1/s1. The van der Waals surface area contributed by atoms with Gasteiger partial charge < -0.3 is 9.47 Å². The van der Waals surface area contributed by atoms with Gasteiger partial charge in [0.25, 0.3) is 5.91 Å². The first-order valence-corrected chi connectivity index (χ1v) is 10.6. The van der Waals surface area contributed by atoms with Crippen molar-refractivity contribution in [2.24, 2.45) is 11.0 Å². The summed E-state index contributed by atoms with van der Waals surface area (Å²) in [7, 11) is 1.44. The number of halogens is 2. The van der Waals surface area contributed by atoms with Gasteiger partial charge >= 0.3 is 0 Å². The van der Waals surface area contributed by atoms with Gasteiger partial charge in [-0.25, -0.2) is 13.8 Å². The zero-order valence-corrected chi connectivity index (χ0v) is 17.5. The summed E-state index contributed by atoms with van der Waals surface area (Å²) in [5.74, 6) is -0.950. The number of methoxy groups -OCH3 is 1. The third-order valence-electron chi connectivity index (χ3n) is 5.32. The zero-order chi connectivity index (χ0) is 21.3. The van der Waals surface area contributed by atoms with E-state index in [9.17, 15) is 13.6 Å². The molecule has 0 aliphatic carbocycles. The molecule has 0 unspecified atom stereocenters. The molecule has 2 aliphatic rings. The van der Waals surface area contributed by atoms with Crippen LogP contribution in [0.15, 0.2) is 47.6 Å². The molecule has 2 heterocycles. The Hall–Kier alpha value is -2.45. The molecule has 0 aromatic heterocycles. The number of hydrazone groups is 1. The lowest BCUT2D eigenvalue weighted by Crippen LogP contribution is -2.51. The third kappa shape index (κ3) is 3.37. The molecule has 0 saturated carbocycles. The fourth-order valence-corrected chi connectivity index (χ4v) is 5.58. The van der Waals surface area contributed by atoms with E-state index in [4.69, 9.17) is 9.47 Å². The molecule has 0 N–H and O–H groups in total. The molecule has 2 aromatic carbocycles. The van der Waals surface area contributed by atoms with Crippen LogP contribution in [0.25, 0.3) is 0 Å². The van der Waals surface area contributed by atoms with Gasteiger partial charge in [0.15, 0.2) is 4.87 Å². The smallest absolute Gasteiger partial charge is 0.270 e. The van der Waals surface area contributed by atoms with Crippen LogP contribution in [0, 0.1) is 17.6 Å². The normalized spacial score (nSPS) is 22.6. The number of ether oxygens (including phenoxy) is 2. The van der Waals surface area contributed by atoms with Crippen LogP contribution < -0.4 is 4.74 Å². The van der Waals surface area contributed by atoms with Crippen molar-refractivity contribution in [1.82, 2.24) is 5.01 Å². The summed E-state index contributed by atoms with van der Waals surface area (Å²) in [6.07, 6.45) is 1.64. The molecule has 8 heteroatoms. The van der Waals surface area contributed by atoms with E-state index in [0.717, 1.165) is 36.6 Å². The summed E-state index contributed by atoms with van der Waals surface area (Å²) in [6, 6.07) is 10.7. The Morgan fingerprint density at radius 3 is 2.90 bits per heavy atom. The van der Waals surface area contributed by atoms with E-state index in [1.165, 1.54) is 23.9 Å². The molecule has 2 atom stereocenters. The lowest BCUT2D eigenvalue weighted by atomic mass is 9.86. The van der Waals surface area contributed by atoms with Gasteiger partial charge in [-0.15, -0.1) is 0 Å². The first-order valence-electron chi connectivity index (χ1n) is 9.78. The van der Waals surface area contributed by atoms with E-state index in [1.807, 2.05) is 24.3 Å². The molecule has 0 radical (unpaired) electrons. The van der Waals surface area contributed by atoms with Crippen molar-refractivity contribution in [2.75, 3.05) is 20.3 Å². The maximum atomic E-state index is 14.6. The number of hydrogen-bond acceptors (Lipinski definition) is 5. The van der Waals surface area contributed by atoms with E-state index in [-0.39, 0.29) is 29.0 Å². The molecule has 158 valence electrons. The molecule has 4 rings (SSSR count). The second kappa shape index (κ2) is 8.35. The lowest BCUT2D eigenvalue weighted by molar-refractivity contribution is -0.141. The Labute approximate surface area is 178 Å². The van der Waals surface area contributed by atoms with Crippen LogP contribution in [0.2, 0.25) is 0 Å². The molecule has 0 saturated heterocycles. The number of benzene rings is 2. The minimum absolute atomic E-state index is 0.0336. The number of carbonyl (C=O) groups excluding carboxylic acids is 1. The maximum Gasteiger partial charge on any atom is 0.270 e. The van der Waals surface area contributed by atoms with E-state index in [0.29, 0.717) is 12.4 Å². The monoisotopic (exact) mass is 432 g/mol. The predicted octanol–water partition coefficient (Wildman–Crippen LogP) is 4.51. The topological polar surface area (TPSA) is 51.1 Å². The van der Waals surface area contributed by atoms with Crippen molar-refractivity contribution in [3.8, 4) is 5.75 Å². The number of hydrogen-bond donors (Lipinski definition) is 0. The summed E-state index contributed by atoms with van der Waals surface area (Å²) in [5, 5.41) is 6.16. The van der Waals surface area contributed by atoms with Crippen molar-refractivity contribution in [1.29, 1.82) is 0 Å². The van der Waals surface area contributed by atoms with Crippen molar-refractivity contribution < 1.29 is 23.0 Å². The molecular formula is C22H22F2N2O3S. The van der Waals surface area contributed by atoms with Gasteiger partial charge in [-0.2, -0.15) is 5.10 Å². The number of rotatable bonds is 5. The zero-order valence-electron chi connectivity index (χ0n) is 16.7. The number of fused-ring (bicyclic) bond motifs is 2. The summed E-state index contributed by atoms with van der Waals surface area (Å²) in [6.45, 7) is 2.28. The molecule has 2 aliphatic heterocycles. The predicted molar refractivity (Wildman–Crippen MR) is 111 cm³/mol. The number of nitrogens with zero attached hydrogens (tertiary/aromatic N) is 2. The van der Waals surface area contributed by atoms with Crippen molar-refractivity contribution in [3.63, 3.8) is 0 Å². The first-order chi connectivity index (χ1) is 14.5. The summed E-state index contributed by atoms with van der Waals surface area (Å²) < 4.78 is 39.5. The molecule has 1 spiro atoms. The second-order valence-electron chi connectivity index (χ2n) is 7.26. The fourth-order valence-electron chi connectivity index (χ4n) is 4.04. The Morgan fingerprint density at radius 1 is 1.33 bits per heavy atom. The number of amides is 1. The first kappa shape index (κ1) is 20.8. The molecular weight excluding hydrogens is 410 g/mol. The SMILES string of the molecule is CCC[C@@H]1COc2ccccc2[C@@]12SC(c1cc(F)ccc1F)=NN2C(=O)COC. The van der Waals surface area contributed by atoms with E-state index >= 15 is 0 Å². The molecule has 0 fully saturated rings. The van der Waals surface area contributed by atoms with Crippen LogP contribution in [-0.4, -0.2) is 36.3 Å². The highest BCUT2D eigenvalue weighted by Gasteiger charge is 2.56. The largest absolute Gasteiger partial charge is 0.493 e. The highest BCUT2D eigenvalue weighted by atomic mass is 32.2. The molecule has 5 nitrogen and oxygen atoms in total. The minimum atomic E-state index is -0.922. The fraction of sp³-hybridized carbons (Fsp3) is 0.364. The van der Waals surface area contributed by atoms with Gasteiger partial charge in [-0.05, 0) is 30.7 Å². The average Bonchev–Trinajstić information content (AvgIpc) is 3.13. The summed E-state index contributed by atoms with van der Waals surface area (Å²) in [4.78, 5) is 12.2. The van der Waals surface area contributed by atoms with Crippen LogP contribution in [0.5, 0.6) is 5.75 Å². The van der Waals surface area contributed by atoms with Crippen LogP contribution in [-0.2, 0) is 14.4 Å². The number of thioether (sulfide) groups is 1. The van der Waals surface area contributed by atoms with Crippen LogP contribution in [0.4, 0.5) is 8.78 Å². The maximum absolute atomic E-state index is 14.6. The third-order valence-corrected chi connectivity index (χ3v) is 6.86. The molecule has 1 amide bonds. The van der Waals surface area contributed by atoms with Gasteiger partial charge in [0, 0.05) is 24.2 Å². The van der Waals surface area contributed by atoms with Crippen molar-refractivity contribution >= 4 is 22.7 Å². The molecule has 2 aromatic rings. The highest BCUT2D eigenvalue weighted by Crippen LogP contribution is 2.57. The molecule has 0 bridgehead atoms. The van der Waals surface area contributed by atoms with Gasteiger partial charge in [0.2, 0.25) is 0 Å². The van der Waals surface area contributed by atoms with Crippen molar-refractivity contribution in [2.45, 2.75) is 24.6 Å². The minimum Gasteiger partial charge on any atom is -0.493 e. The molecule has 30 heavy (non-hydrogen) atoms. The lowest BCUT2D eigenvalue weighted by Gasteiger charge is -2.45. The van der Waals surface area contributed by atoms with Crippen LogP contribution >= 0.6 is 11.8 Å².